The predicted molar refractivity (Wildman–Crippen MR) is 68.1 cm³/mol. The van der Waals surface area contributed by atoms with E-state index in [2.05, 4.69) is 28.3 Å². The molecule has 1 atom stereocenters. The monoisotopic (exact) mass is 243 g/mol. The lowest BCUT2D eigenvalue weighted by Gasteiger charge is -2.12. The number of rotatable bonds is 4. The number of nitrogens with two attached hydrogens (primary N) is 1. The highest BCUT2D eigenvalue weighted by Crippen LogP contribution is 2.43. The summed E-state index contributed by atoms with van der Waals surface area (Å²) in [5.74, 6) is 1.90. The number of hydrogen-bond acceptors (Lipinski definition) is 4. The van der Waals surface area contributed by atoms with Gasteiger partial charge in [0.2, 0.25) is 5.89 Å². The van der Waals surface area contributed by atoms with Gasteiger partial charge < -0.3 is 10.3 Å². The minimum Gasteiger partial charge on any atom is -0.339 e. The third-order valence-electron chi connectivity index (χ3n) is 3.41. The van der Waals surface area contributed by atoms with Crippen LogP contribution in [0.15, 0.2) is 28.8 Å². The first-order chi connectivity index (χ1) is 8.79. The Kier molecular flexibility index (Phi) is 2.88. The van der Waals surface area contributed by atoms with E-state index in [1.54, 1.807) is 0 Å². The largest absolute Gasteiger partial charge is 0.339 e. The van der Waals surface area contributed by atoms with Crippen LogP contribution in [0.5, 0.6) is 0 Å². The zero-order valence-corrected chi connectivity index (χ0v) is 10.5. The van der Waals surface area contributed by atoms with Crippen molar-refractivity contribution in [2.24, 2.45) is 5.73 Å². The molecule has 1 aliphatic rings. The second kappa shape index (κ2) is 4.53. The normalized spacial score (nSPS) is 16.8. The molecule has 0 saturated heterocycles. The van der Waals surface area contributed by atoms with Gasteiger partial charge in [-0.2, -0.15) is 4.98 Å². The standard InChI is InChI=1S/C14H17N3O/c1-2-12-16-14(17-18-12)13(15)11-6-4-3-5-10(11)9-7-8-9/h3-6,9,13H,2,7-8,15H2,1H3. The summed E-state index contributed by atoms with van der Waals surface area (Å²) in [7, 11) is 0. The first-order valence-electron chi connectivity index (χ1n) is 6.46. The molecule has 0 amide bonds. The van der Waals surface area contributed by atoms with Crippen molar-refractivity contribution in [1.29, 1.82) is 0 Å². The number of aryl methyl sites for hydroxylation is 1. The molecule has 0 aliphatic heterocycles. The second-order valence-electron chi connectivity index (χ2n) is 4.78. The summed E-state index contributed by atoms with van der Waals surface area (Å²) >= 11 is 0. The summed E-state index contributed by atoms with van der Waals surface area (Å²) in [5, 5.41) is 3.97. The van der Waals surface area contributed by atoms with Crippen LogP contribution in [-0.2, 0) is 6.42 Å². The van der Waals surface area contributed by atoms with Crippen molar-refractivity contribution >= 4 is 0 Å². The van der Waals surface area contributed by atoms with Gasteiger partial charge in [0.05, 0.1) is 6.04 Å². The molecular weight excluding hydrogens is 226 g/mol. The van der Waals surface area contributed by atoms with Crippen molar-refractivity contribution in [3.8, 4) is 0 Å². The molecule has 94 valence electrons. The molecule has 4 nitrogen and oxygen atoms in total. The van der Waals surface area contributed by atoms with Crippen LogP contribution in [-0.4, -0.2) is 10.1 Å². The highest BCUT2D eigenvalue weighted by molar-refractivity contribution is 5.37. The molecule has 1 aromatic heterocycles. The van der Waals surface area contributed by atoms with E-state index in [0.29, 0.717) is 17.6 Å². The van der Waals surface area contributed by atoms with Crippen molar-refractivity contribution in [2.45, 2.75) is 38.1 Å². The fourth-order valence-electron chi connectivity index (χ4n) is 2.24. The lowest BCUT2D eigenvalue weighted by Crippen LogP contribution is -2.15. The fourth-order valence-corrected chi connectivity index (χ4v) is 2.24. The Morgan fingerprint density at radius 3 is 2.83 bits per heavy atom. The van der Waals surface area contributed by atoms with Crippen LogP contribution >= 0.6 is 0 Å². The number of nitrogens with zero attached hydrogens (tertiary/aromatic N) is 2. The fraction of sp³-hybridized carbons (Fsp3) is 0.429. The van der Waals surface area contributed by atoms with Crippen LogP contribution in [0.25, 0.3) is 0 Å². The molecule has 1 fully saturated rings. The van der Waals surface area contributed by atoms with Gasteiger partial charge in [-0.05, 0) is 29.9 Å². The molecule has 0 spiro atoms. The number of aromatic nitrogens is 2. The lowest BCUT2D eigenvalue weighted by atomic mass is 9.97. The van der Waals surface area contributed by atoms with Gasteiger partial charge in [-0.1, -0.05) is 36.3 Å². The van der Waals surface area contributed by atoms with E-state index in [4.69, 9.17) is 10.3 Å². The van der Waals surface area contributed by atoms with Gasteiger partial charge in [-0.3, -0.25) is 0 Å². The zero-order chi connectivity index (χ0) is 12.5. The third-order valence-corrected chi connectivity index (χ3v) is 3.41. The average Bonchev–Trinajstić information content (AvgIpc) is 3.15. The molecule has 1 unspecified atom stereocenters. The predicted octanol–water partition coefficient (Wildman–Crippen LogP) is 2.56. The van der Waals surface area contributed by atoms with E-state index in [1.165, 1.54) is 18.4 Å². The Labute approximate surface area is 106 Å². The molecule has 1 aliphatic carbocycles. The second-order valence-corrected chi connectivity index (χ2v) is 4.78. The van der Waals surface area contributed by atoms with Crippen LogP contribution in [0.4, 0.5) is 0 Å². The maximum Gasteiger partial charge on any atom is 0.226 e. The molecule has 1 aromatic carbocycles. The maximum absolute atomic E-state index is 6.27. The zero-order valence-electron chi connectivity index (χ0n) is 10.5. The molecule has 2 aromatic rings. The summed E-state index contributed by atoms with van der Waals surface area (Å²) in [6.07, 6.45) is 3.26. The highest BCUT2D eigenvalue weighted by atomic mass is 16.5. The summed E-state index contributed by atoms with van der Waals surface area (Å²) in [5.41, 5.74) is 8.73. The average molecular weight is 243 g/mol. The van der Waals surface area contributed by atoms with E-state index < -0.39 is 0 Å². The van der Waals surface area contributed by atoms with E-state index >= 15 is 0 Å². The Balaban J connectivity index is 1.93. The summed E-state index contributed by atoms with van der Waals surface area (Å²) in [6, 6.07) is 8.03. The molecule has 1 saturated carbocycles. The van der Waals surface area contributed by atoms with E-state index in [-0.39, 0.29) is 6.04 Å². The van der Waals surface area contributed by atoms with Crippen LogP contribution < -0.4 is 5.73 Å². The van der Waals surface area contributed by atoms with E-state index in [0.717, 1.165) is 12.0 Å². The van der Waals surface area contributed by atoms with Crippen LogP contribution in [0, 0.1) is 0 Å². The molecule has 18 heavy (non-hydrogen) atoms. The first-order valence-corrected chi connectivity index (χ1v) is 6.46. The van der Waals surface area contributed by atoms with Gasteiger partial charge in [-0.15, -0.1) is 0 Å². The van der Waals surface area contributed by atoms with Crippen LogP contribution in [0.3, 0.4) is 0 Å². The Morgan fingerprint density at radius 1 is 1.39 bits per heavy atom. The topological polar surface area (TPSA) is 64.9 Å². The van der Waals surface area contributed by atoms with Gasteiger partial charge >= 0.3 is 0 Å². The minimum atomic E-state index is -0.286. The summed E-state index contributed by atoms with van der Waals surface area (Å²) in [6.45, 7) is 1.99. The molecule has 0 radical (unpaired) electrons. The van der Waals surface area contributed by atoms with Crippen molar-refractivity contribution < 1.29 is 4.52 Å². The van der Waals surface area contributed by atoms with Crippen molar-refractivity contribution in [3.05, 3.63) is 47.1 Å². The molecule has 2 N–H and O–H groups in total. The van der Waals surface area contributed by atoms with Crippen LogP contribution in [0.1, 0.15) is 54.6 Å². The first kappa shape index (κ1) is 11.4. The van der Waals surface area contributed by atoms with Gasteiger partial charge in [0, 0.05) is 6.42 Å². The molecule has 3 rings (SSSR count). The highest BCUT2D eigenvalue weighted by Gasteiger charge is 2.28. The van der Waals surface area contributed by atoms with Crippen molar-refractivity contribution in [1.82, 2.24) is 10.1 Å². The molecule has 1 heterocycles. The Morgan fingerprint density at radius 2 is 2.17 bits per heavy atom. The van der Waals surface area contributed by atoms with E-state index in [1.807, 2.05) is 13.0 Å². The number of benzene rings is 1. The Bertz CT molecular complexity index is 545. The molecule has 0 bridgehead atoms. The smallest absolute Gasteiger partial charge is 0.226 e. The number of hydrogen-bond donors (Lipinski definition) is 1. The quantitative estimate of drug-likeness (QED) is 0.896. The van der Waals surface area contributed by atoms with Gasteiger partial charge in [0.1, 0.15) is 0 Å². The summed E-state index contributed by atoms with van der Waals surface area (Å²) in [4.78, 5) is 4.32. The van der Waals surface area contributed by atoms with Crippen LogP contribution in [0.2, 0.25) is 0 Å². The summed E-state index contributed by atoms with van der Waals surface area (Å²) < 4.78 is 5.13. The Hall–Kier alpha value is -1.68. The SMILES string of the molecule is CCc1nc(C(N)c2ccccc2C2CC2)no1. The maximum atomic E-state index is 6.27. The molecular formula is C14H17N3O. The third kappa shape index (κ3) is 2.04. The van der Waals surface area contributed by atoms with Crippen molar-refractivity contribution in [2.75, 3.05) is 0 Å². The molecule has 4 heteroatoms. The van der Waals surface area contributed by atoms with Gasteiger partial charge in [-0.25, -0.2) is 0 Å². The lowest BCUT2D eigenvalue weighted by molar-refractivity contribution is 0.375. The van der Waals surface area contributed by atoms with Gasteiger partial charge in [0.25, 0.3) is 0 Å². The minimum absolute atomic E-state index is 0.286. The van der Waals surface area contributed by atoms with Gasteiger partial charge in [0.15, 0.2) is 5.82 Å². The van der Waals surface area contributed by atoms with Crippen molar-refractivity contribution in [3.63, 3.8) is 0 Å². The van der Waals surface area contributed by atoms with E-state index in [9.17, 15) is 0 Å².